The summed E-state index contributed by atoms with van der Waals surface area (Å²) in [6.45, 7) is 5.31. The van der Waals surface area contributed by atoms with Crippen LogP contribution in [0.2, 0.25) is 0 Å². The first-order valence-corrected chi connectivity index (χ1v) is 11.0. The molecule has 0 saturated heterocycles. The molecule has 152 valence electrons. The van der Waals surface area contributed by atoms with Crippen molar-refractivity contribution in [2.45, 2.75) is 37.6 Å². The number of ether oxygens (including phenoxy) is 1. The highest BCUT2D eigenvalue weighted by atomic mass is 32.2. The third-order valence-electron chi connectivity index (χ3n) is 5.69. The summed E-state index contributed by atoms with van der Waals surface area (Å²) in [7, 11) is -2.20. The Kier molecular flexibility index (Phi) is 4.96. The van der Waals surface area contributed by atoms with Crippen LogP contribution >= 0.6 is 0 Å². The van der Waals surface area contributed by atoms with E-state index in [-0.39, 0.29) is 22.5 Å². The number of rotatable bonds is 5. The number of benzene rings is 2. The average molecular weight is 413 g/mol. The fourth-order valence-electron chi connectivity index (χ4n) is 4.39. The first-order valence-electron chi connectivity index (χ1n) is 9.51. The molecular weight excluding hydrogens is 388 g/mol. The van der Waals surface area contributed by atoms with E-state index in [2.05, 4.69) is 28.9 Å². The van der Waals surface area contributed by atoms with Crippen molar-refractivity contribution in [1.29, 1.82) is 0 Å². The van der Waals surface area contributed by atoms with Crippen molar-refractivity contribution in [2.75, 3.05) is 7.11 Å². The van der Waals surface area contributed by atoms with E-state index in [1.54, 1.807) is 21.0 Å². The van der Waals surface area contributed by atoms with Gasteiger partial charge in [-0.15, -0.1) is 0 Å². The molecule has 0 spiro atoms. The summed E-state index contributed by atoms with van der Waals surface area (Å²) < 4.78 is 39.8. The molecule has 29 heavy (non-hydrogen) atoms. The Balaban J connectivity index is 1.80. The Morgan fingerprint density at radius 2 is 1.79 bits per heavy atom. The van der Waals surface area contributed by atoms with Crippen molar-refractivity contribution >= 4 is 10.0 Å². The maximum atomic E-state index is 13.2. The van der Waals surface area contributed by atoms with Gasteiger partial charge < -0.3 is 9.26 Å². The minimum Gasteiger partial charge on any atom is -0.497 e. The Morgan fingerprint density at radius 3 is 2.41 bits per heavy atom. The molecule has 0 unspecified atom stereocenters. The van der Waals surface area contributed by atoms with E-state index in [0.717, 1.165) is 16.7 Å². The van der Waals surface area contributed by atoms with Gasteiger partial charge in [-0.3, -0.25) is 0 Å². The number of hydrogen-bond donors (Lipinski definition) is 1. The fraction of sp³-hybridized carbons (Fsp3) is 0.318. The monoisotopic (exact) mass is 412 g/mol. The largest absolute Gasteiger partial charge is 0.497 e. The predicted octanol–water partition coefficient (Wildman–Crippen LogP) is 4.10. The van der Waals surface area contributed by atoms with E-state index in [1.807, 2.05) is 36.4 Å². The second kappa shape index (κ2) is 7.31. The van der Waals surface area contributed by atoms with Gasteiger partial charge in [0, 0.05) is 5.92 Å². The van der Waals surface area contributed by atoms with Gasteiger partial charge in [0.05, 0.1) is 13.2 Å². The molecule has 1 N–H and O–H groups in total. The molecule has 1 aliphatic rings. The zero-order chi connectivity index (χ0) is 20.8. The molecule has 0 amide bonds. The summed E-state index contributed by atoms with van der Waals surface area (Å²) in [5, 5.41) is 3.80. The summed E-state index contributed by atoms with van der Waals surface area (Å²) in [5.74, 6) is 1.07. The van der Waals surface area contributed by atoms with Gasteiger partial charge in [0.2, 0.25) is 10.0 Å². The smallest absolute Gasteiger partial charge is 0.246 e. The molecular formula is C22H24N2O4S. The van der Waals surface area contributed by atoms with Gasteiger partial charge in [0.25, 0.3) is 0 Å². The van der Waals surface area contributed by atoms with E-state index in [1.165, 1.54) is 0 Å². The number of nitrogens with zero attached hydrogens (tertiary/aromatic N) is 1. The van der Waals surface area contributed by atoms with Gasteiger partial charge in [-0.1, -0.05) is 48.5 Å². The van der Waals surface area contributed by atoms with Crippen LogP contribution in [0.25, 0.3) is 0 Å². The number of aromatic nitrogens is 1. The van der Waals surface area contributed by atoms with Crippen LogP contribution in [-0.2, 0) is 10.0 Å². The summed E-state index contributed by atoms with van der Waals surface area (Å²) in [6.07, 6.45) is 0. The highest BCUT2D eigenvalue weighted by Crippen LogP contribution is 2.49. The SMILES string of the molecule is COc1ccc2c(c1)[C@@H](NS(=O)(=O)c1c(C)noc1C)[C@H](C)[C@H]2c1ccccc1. The van der Waals surface area contributed by atoms with Crippen molar-refractivity contribution in [1.82, 2.24) is 9.88 Å². The van der Waals surface area contributed by atoms with E-state index in [4.69, 9.17) is 9.26 Å². The molecule has 0 saturated carbocycles. The molecule has 0 fully saturated rings. The molecule has 3 aromatic rings. The molecule has 7 heteroatoms. The van der Waals surface area contributed by atoms with Crippen LogP contribution in [0.4, 0.5) is 0 Å². The summed E-state index contributed by atoms with van der Waals surface area (Å²) in [6, 6.07) is 15.6. The van der Waals surface area contributed by atoms with Gasteiger partial charge in [0.1, 0.15) is 16.3 Å². The Bertz CT molecular complexity index is 1120. The first-order chi connectivity index (χ1) is 13.8. The Labute approximate surface area is 170 Å². The van der Waals surface area contributed by atoms with Crippen LogP contribution in [-0.4, -0.2) is 20.7 Å². The minimum atomic E-state index is -3.81. The molecule has 4 rings (SSSR count). The van der Waals surface area contributed by atoms with E-state index < -0.39 is 16.1 Å². The van der Waals surface area contributed by atoms with Gasteiger partial charge in [-0.2, -0.15) is 0 Å². The van der Waals surface area contributed by atoms with E-state index in [0.29, 0.717) is 11.4 Å². The number of methoxy groups -OCH3 is 1. The lowest BCUT2D eigenvalue weighted by Crippen LogP contribution is -2.32. The molecule has 1 aromatic heterocycles. The number of nitrogens with one attached hydrogen (secondary N) is 1. The topological polar surface area (TPSA) is 81.4 Å². The van der Waals surface area contributed by atoms with Gasteiger partial charge in [-0.05, 0) is 48.6 Å². The standard InChI is InChI=1S/C22H24N2O4S/c1-13-20(16-8-6-5-7-9-16)18-11-10-17(27-4)12-19(18)21(13)24-29(25,26)22-14(2)23-28-15(22)3/h5-13,20-21,24H,1-4H3/t13-,20+,21+/m1/s1. The lowest BCUT2D eigenvalue weighted by atomic mass is 9.86. The lowest BCUT2D eigenvalue weighted by Gasteiger charge is -2.23. The zero-order valence-electron chi connectivity index (χ0n) is 16.8. The quantitative estimate of drug-likeness (QED) is 0.682. The van der Waals surface area contributed by atoms with Crippen molar-refractivity contribution < 1.29 is 17.7 Å². The average Bonchev–Trinajstić information content (AvgIpc) is 3.18. The predicted molar refractivity (Wildman–Crippen MR) is 109 cm³/mol. The zero-order valence-corrected chi connectivity index (χ0v) is 17.7. The van der Waals surface area contributed by atoms with Gasteiger partial charge >= 0.3 is 0 Å². The molecule has 1 aliphatic carbocycles. The second-order valence-electron chi connectivity index (χ2n) is 7.49. The summed E-state index contributed by atoms with van der Waals surface area (Å²) >= 11 is 0. The highest BCUT2D eigenvalue weighted by Gasteiger charge is 2.41. The third-order valence-corrected chi connectivity index (χ3v) is 7.38. The van der Waals surface area contributed by atoms with Crippen molar-refractivity contribution in [3.63, 3.8) is 0 Å². The molecule has 3 atom stereocenters. The van der Waals surface area contributed by atoms with Gasteiger partial charge in [0.15, 0.2) is 5.76 Å². The van der Waals surface area contributed by atoms with Crippen LogP contribution in [0.5, 0.6) is 5.75 Å². The summed E-state index contributed by atoms with van der Waals surface area (Å²) in [5.41, 5.74) is 3.55. The van der Waals surface area contributed by atoms with Crippen LogP contribution in [0.15, 0.2) is 57.9 Å². The number of hydrogen-bond acceptors (Lipinski definition) is 5. The van der Waals surface area contributed by atoms with Crippen LogP contribution in [0.1, 0.15) is 47.0 Å². The normalized spacial score (nSPS) is 21.2. The van der Waals surface area contributed by atoms with E-state index in [9.17, 15) is 8.42 Å². The van der Waals surface area contributed by atoms with Gasteiger partial charge in [-0.25, -0.2) is 13.1 Å². The molecule has 0 radical (unpaired) electrons. The Hall–Kier alpha value is -2.64. The summed E-state index contributed by atoms with van der Waals surface area (Å²) in [4.78, 5) is 0.109. The lowest BCUT2D eigenvalue weighted by molar-refractivity contribution is 0.390. The van der Waals surface area contributed by atoms with Crippen LogP contribution in [0, 0.1) is 19.8 Å². The third kappa shape index (κ3) is 3.34. The molecule has 6 nitrogen and oxygen atoms in total. The number of fused-ring (bicyclic) bond motifs is 1. The van der Waals surface area contributed by atoms with Crippen molar-refractivity contribution in [3.8, 4) is 5.75 Å². The van der Waals surface area contributed by atoms with E-state index >= 15 is 0 Å². The van der Waals surface area contributed by atoms with Crippen molar-refractivity contribution in [3.05, 3.63) is 76.7 Å². The molecule has 1 heterocycles. The Morgan fingerprint density at radius 1 is 1.07 bits per heavy atom. The van der Waals surface area contributed by atoms with Crippen molar-refractivity contribution in [2.24, 2.45) is 5.92 Å². The maximum Gasteiger partial charge on any atom is 0.246 e. The van der Waals surface area contributed by atoms with Crippen LogP contribution < -0.4 is 9.46 Å². The maximum absolute atomic E-state index is 13.2. The second-order valence-corrected chi connectivity index (χ2v) is 9.15. The molecule has 0 aliphatic heterocycles. The number of sulfonamides is 1. The number of aryl methyl sites for hydroxylation is 2. The molecule has 2 aromatic carbocycles. The highest BCUT2D eigenvalue weighted by molar-refractivity contribution is 7.89. The first kappa shape index (κ1) is 19.7. The molecule has 0 bridgehead atoms. The minimum absolute atomic E-state index is 0.00903. The fourth-order valence-corrected chi connectivity index (χ4v) is 6.03. The van der Waals surface area contributed by atoms with Crippen LogP contribution in [0.3, 0.4) is 0 Å².